The van der Waals surface area contributed by atoms with Crippen LogP contribution in [0.2, 0.25) is 0 Å². The molecule has 1 amide bonds. The molecule has 2 aliphatic rings. The molecule has 2 aromatic carbocycles. The van der Waals surface area contributed by atoms with Crippen LogP contribution in [0.1, 0.15) is 12.8 Å². The van der Waals surface area contributed by atoms with Crippen molar-refractivity contribution in [2.45, 2.75) is 40.6 Å². The van der Waals surface area contributed by atoms with Gasteiger partial charge in [0.25, 0.3) is 5.92 Å². The average Bonchev–Trinajstić information content (AvgIpc) is 3.25. The van der Waals surface area contributed by atoms with Crippen molar-refractivity contribution in [3.05, 3.63) is 48.8 Å². The number of anilines is 1. The van der Waals surface area contributed by atoms with Crippen LogP contribution in [-0.4, -0.2) is 81.5 Å². The summed E-state index contributed by atoms with van der Waals surface area (Å²) in [4.78, 5) is 23.0. The lowest BCUT2D eigenvalue weighted by molar-refractivity contribution is -0.150. The Hall–Kier alpha value is -3.43. The SMILES string of the molecule is CS(=O)(=O)c1ccccc1S(=O)(=O)Oc1ccc2c(N3C[C@H](N)[C@@H](N4CC(F)(F)CCC4=O)C3)ncnc2c1. The molecule has 0 spiro atoms. The van der Waals surface area contributed by atoms with Crippen molar-refractivity contribution in [3.63, 3.8) is 0 Å². The average molecular weight is 582 g/mol. The topological polar surface area (TPSA) is 153 Å². The monoisotopic (exact) mass is 581 g/mol. The van der Waals surface area contributed by atoms with Crippen molar-refractivity contribution < 1.29 is 34.6 Å². The highest BCUT2D eigenvalue weighted by Crippen LogP contribution is 2.34. The van der Waals surface area contributed by atoms with Crippen molar-refractivity contribution in [2.24, 2.45) is 5.73 Å². The van der Waals surface area contributed by atoms with Gasteiger partial charge in [-0.05, 0) is 24.3 Å². The molecular weight excluding hydrogens is 556 g/mol. The number of halogens is 2. The molecule has 0 saturated carbocycles. The second kappa shape index (κ2) is 9.64. The maximum Gasteiger partial charge on any atom is 0.340 e. The van der Waals surface area contributed by atoms with Crippen LogP contribution in [-0.2, 0) is 24.7 Å². The van der Waals surface area contributed by atoms with E-state index in [1.165, 1.54) is 42.7 Å². The van der Waals surface area contributed by atoms with Gasteiger partial charge < -0.3 is 19.7 Å². The number of carbonyl (C=O) groups is 1. The van der Waals surface area contributed by atoms with E-state index in [2.05, 4.69) is 9.97 Å². The standard InChI is InChI=1S/C24H25F2N5O6S2/c1-38(33,34)20-4-2-3-5-21(20)39(35,36)37-15-6-7-16-18(10-15)28-14-29-23(16)30-11-17(27)19(12-30)31-13-24(25,26)9-8-22(31)32/h2-7,10,14,17,19H,8-9,11-13,27H2,1H3/t17-,19-/m0/s1. The van der Waals surface area contributed by atoms with Gasteiger partial charge in [-0.1, -0.05) is 12.1 Å². The molecule has 2 atom stereocenters. The third kappa shape index (κ3) is 5.38. The predicted molar refractivity (Wildman–Crippen MR) is 137 cm³/mol. The van der Waals surface area contributed by atoms with Crippen molar-refractivity contribution in [2.75, 3.05) is 30.8 Å². The summed E-state index contributed by atoms with van der Waals surface area (Å²) in [5, 5.41) is 0.516. The highest BCUT2D eigenvalue weighted by Gasteiger charge is 2.45. The molecule has 0 aliphatic carbocycles. The molecule has 2 fully saturated rings. The number of rotatable bonds is 6. The first-order valence-corrected chi connectivity index (χ1v) is 15.2. The van der Waals surface area contributed by atoms with Crippen LogP contribution >= 0.6 is 0 Å². The Labute approximate surface area is 223 Å². The van der Waals surface area contributed by atoms with Gasteiger partial charge in [0, 0.05) is 49.7 Å². The van der Waals surface area contributed by atoms with Crippen molar-refractivity contribution >= 4 is 42.6 Å². The van der Waals surface area contributed by atoms with Crippen LogP contribution < -0.4 is 14.8 Å². The number of alkyl halides is 2. The number of hydrogen-bond acceptors (Lipinski definition) is 10. The van der Waals surface area contributed by atoms with Crippen LogP contribution in [0.3, 0.4) is 0 Å². The number of nitrogens with two attached hydrogens (primary N) is 1. The van der Waals surface area contributed by atoms with E-state index < -0.39 is 55.8 Å². The molecule has 2 saturated heterocycles. The number of fused-ring (bicyclic) bond motifs is 1. The summed E-state index contributed by atoms with van der Waals surface area (Å²) in [6.07, 6.45) is 1.43. The summed E-state index contributed by atoms with van der Waals surface area (Å²) in [6, 6.07) is 8.18. The van der Waals surface area contributed by atoms with Gasteiger partial charge in [-0.3, -0.25) is 4.79 Å². The molecule has 3 aromatic rings. The third-order valence-electron chi connectivity index (χ3n) is 6.77. The van der Waals surface area contributed by atoms with Crippen molar-refractivity contribution in [1.29, 1.82) is 0 Å². The van der Waals surface area contributed by atoms with Gasteiger partial charge in [-0.25, -0.2) is 27.2 Å². The Balaban J connectivity index is 1.41. The number of aromatic nitrogens is 2. The molecule has 1 aromatic heterocycles. The molecule has 208 valence electrons. The summed E-state index contributed by atoms with van der Waals surface area (Å²) in [7, 11) is -8.36. The number of benzene rings is 2. The second-order valence-electron chi connectivity index (χ2n) is 9.65. The maximum atomic E-state index is 14.0. The van der Waals surface area contributed by atoms with E-state index >= 15 is 0 Å². The summed E-state index contributed by atoms with van der Waals surface area (Å²) in [6.45, 7) is -0.245. The zero-order chi connectivity index (χ0) is 28.2. The van der Waals surface area contributed by atoms with Gasteiger partial charge >= 0.3 is 10.1 Å². The first-order chi connectivity index (χ1) is 18.2. The lowest BCUT2D eigenvalue weighted by Crippen LogP contribution is -2.56. The van der Waals surface area contributed by atoms with Gasteiger partial charge in [0.15, 0.2) is 9.84 Å². The molecule has 2 N–H and O–H groups in total. The zero-order valence-corrected chi connectivity index (χ0v) is 22.3. The molecule has 15 heteroatoms. The second-order valence-corrected chi connectivity index (χ2v) is 13.1. The number of hydrogen-bond donors (Lipinski definition) is 1. The number of nitrogens with zero attached hydrogens (tertiary/aromatic N) is 4. The van der Waals surface area contributed by atoms with Gasteiger partial charge in [-0.2, -0.15) is 8.42 Å². The molecule has 0 radical (unpaired) electrons. The predicted octanol–water partition coefficient (Wildman–Crippen LogP) is 1.57. The van der Waals surface area contributed by atoms with E-state index in [9.17, 15) is 30.4 Å². The molecule has 11 nitrogen and oxygen atoms in total. The van der Waals surface area contributed by atoms with E-state index in [0.717, 1.165) is 17.2 Å². The molecule has 2 aliphatic heterocycles. The van der Waals surface area contributed by atoms with Gasteiger partial charge in [-0.15, -0.1) is 0 Å². The maximum absolute atomic E-state index is 14.0. The highest BCUT2D eigenvalue weighted by atomic mass is 32.2. The van der Waals surface area contributed by atoms with Crippen molar-refractivity contribution in [1.82, 2.24) is 14.9 Å². The fourth-order valence-corrected chi connectivity index (χ4v) is 7.45. The van der Waals surface area contributed by atoms with Crippen LogP contribution in [0.15, 0.2) is 58.6 Å². The summed E-state index contributed by atoms with van der Waals surface area (Å²) in [5.74, 6) is -3.00. The number of piperidine rings is 1. The minimum atomic E-state index is -4.51. The molecule has 0 unspecified atom stereocenters. The van der Waals surface area contributed by atoms with Gasteiger partial charge in [0.1, 0.15) is 22.8 Å². The van der Waals surface area contributed by atoms with Crippen LogP contribution in [0.4, 0.5) is 14.6 Å². The van der Waals surface area contributed by atoms with E-state index in [1.54, 1.807) is 4.90 Å². The van der Waals surface area contributed by atoms with Crippen LogP contribution in [0, 0.1) is 0 Å². The number of sulfone groups is 1. The fraction of sp³-hybridized carbons (Fsp3) is 0.375. The Morgan fingerprint density at radius 3 is 2.49 bits per heavy atom. The minimum absolute atomic E-state index is 0.104. The lowest BCUT2D eigenvalue weighted by Gasteiger charge is -2.37. The van der Waals surface area contributed by atoms with Crippen LogP contribution in [0.5, 0.6) is 5.75 Å². The van der Waals surface area contributed by atoms with Crippen LogP contribution in [0.25, 0.3) is 10.9 Å². The molecule has 3 heterocycles. The van der Waals surface area contributed by atoms with Gasteiger partial charge in [0.2, 0.25) is 5.91 Å². The highest BCUT2D eigenvalue weighted by molar-refractivity contribution is 7.92. The van der Waals surface area contributed by atoms with E-state index in [-0.39, 0.29) is 36.1 Å². The largest absolute Gasteiger partial charge is 0.379 e. The Bertz CT molecular complexity index is 1670. The number of carbonyl (C=O) groups excluding carboxylic acids is 1. The summed E-state index contributed by atoms with van der Waals surface area (Å²) >= 11 is 0. The Morgan fingerprint density at radius 2 is 1.77 bits per heavy atom. The molecule has 0 bridgehead atoms. The van der Waals surface area contributed by atoms with E-state index in [0.29, 0.717) is 16.7 Å². The number of likely N-dealkylation sites (tertiary alicyclic amines) is 1. The zero-order valence-electron chi connectivity index (χ0n) is 20.7. The van der Waals surface area contributed by atoms with Crippen molar-refractivity contribution in [3.8, 4) is 5.75 Å². The minimum Gasteiger partial charge on any atom is -0.379 e. The Morgan fingerprint density at radius 1 is 1.05 bits per heavy atom. The first kappa shape index (κ1) is 27.1. The summed E-state index contributed by atoms with van der Waals surface area (Å²) < 4.78 is 83.4. The molecular formula is C24H25F2N5O6S2. The molecule has 39 heavy (non-hydrogen) atoms. The summed E-state index contributed by atoms with van der Waals surface area (Å²) in [5.41, 5.74) is 6.59. The van der Waals surface area contributed by atoms with Gasteiger partial charge in [0.05, 0.1) is 23.0 Å². The van der Waals surface area contributed by atoms with E-state index in [1.807, 2.05) is 0 Å². The smallest absolute Gasteiger partial charge is 0.340 e. The lowest BCUT2D eigenvalue weighted by atomic mass is 10.0. The third-order valence-corrected chi connectivity index (χ3v) is 9.36. The quantitative estimate of drug-likeness (QED) is 0.425. The Kier molecular flexibility index (Phi) is 6.71. The number of amides is 1. The van der Waals surface area contributed by atoms with E-state index in [4.69, 9.17) is 9.92 Å². The molecule has 5 rings (SSSR count). The fourth-order valence-electron chi connectivity index (χ4n) is 4.93. The normalized spacial score (nSPS) is 21.9. The first-order valence-electron chi connectivity index (χ1n) is 11.9.